The summed E-state index contributed by atoms with van der Waals surface area (Å²) in [6.07, 6.45) is 3.87. The zero-order chi connectivity index (χ0) is 28.3. The highest BCUT2D eigenvalue weighted by atomic mass is 15.1. The lowest BCUT2D eigenvalue weighted by Crippen LogP contribution is -2.41. The van der Waals surface area contributed by atoms with Crippen molar-refractivity contribution in [2.45, 2.75) is 30.6 Å². The Morgan fingerprint density at radius 2 is 1.18 bits per heavy atom. The van der Waals surface area contributed by atoms with Crippen molar-refractivity contribution in [2.75, 3.05) is 0 Å². The molecule has 2 heteroatoms. The minimum Gasteiger partial charge on any atom is -0.308 e. The Balaban J connectivity index is 1.41. The van der Waals surface area contributed by atoms with Crippen LogP contribution in [0.5, 0.6) is 0 Å². The van der Waals surface area contributed by atoms with Crippen LogP contribution in [0.15, 0.2) is 121 Å². The van der Waals surface area contributed by atoms with E-state index in [0.29, 0.717) is 11.8 Å². The van der Waals surface area contributed by atoms with Gasteiger partial charge in [0.1, 0.15) is 0 Å². The van der Waals surface area contributed by atoms with Crippen LogP contribution in [0.2, 0.25) is 0 Å². The van der Waals surface area contributed by atoms with Gasteiger partial charge in [-0.3, -0.25) is 0 Å². The van der Waals surface area contributed by atoms with E-state index in [1.807, 2.05) is 0 Å². The van der Waals surface area contributed by atoms with Gasteiger partial charge >= 0.3 is 0 Å². The molecule has 1 spiro atoms. The highest BCUT2D eigenvalue weighted by Crippen LogP contribution is 2.70. The molecule has 0 N–H and O–H groups in total. The van der Waals surface area contributed by atoms with Crippen LogP contribution in [0, 0.1) is 5.92 Å². The van der Waals surface area contributed by atoms with Crippen LogP contribution in [-0.4, -0.2) is 9.13 Å². The Kier molecular flexibility index (Phi) is 3.75. The average molecular weight is 561 g/mol. The van der Waals surface area contributed by atoms with Crippen molar-refractivity contribution in [3.8, 4) is 22.5 Å². The molecular weight excluding hydrogens is 532 g/mol. The van der Waals surface area contributed by atoms with Crippen LogP contribution in [0.25, 0.3) is 66.1 Å². The van der Waals surface area contributed by atoms with Gasteiger partial charge in [-0.1, -0.05) is 103 Å². The average Bonchev–Trinajstić information content (AvgIpc) is 3.84. The van der Waals surface area contributed by atoms with Gasteiger partial charge in [-0.25, -0.2) is 0 Å². The molecule has 1 fully saturated rings. The molecule has 0 amide bonds. The van der Waals surface area contributed by atoms with Gasteiger partial charge in [0, 0.05) is 27.1 Å². The first kappa shape index (κ1) is 22.5. The molecule has 44 heavy (non-hydrogen) atoms. The molecular formula is C42H28N2. The van der Waals surface area contributed by atoms with Crippen molar-refractivity contribution < 1.29 is 0 Å². The molecule has 8 aromatic rings. The molecule has 0 radical (unpaired) electrons. The summed E-state index contributed by atoms with van der Waals surface area (Å²) in [6.45, 7) is 0. The van der Waals surface area contributed by atoms with E-state index in [2.05, 4.69) is 130 Å². The fourth-order valence-electron chi connectivity index (χ4n) is 10.6. The summed E-state index contributed by atoms with van der Waals surface area (Å²) in [5, 5.41) is 5.49. The third-order valence-corrected chi connectivity index (χ3v) is 11.9. The van der Waals surface area contributed by atoms with Gasteiger partial charge < -0.3 is 9.13 Å². The first-order chi connectivity index (χ1) is 21.9. The number of rotatable bonds is 1. The van der Waals surface area contributed by atoms with Gasteiger partial charge in [0.05, 0.1) is 38.9 Å². The second kappa shape index (κ2) is 7.34. The number of hydrogen-bond acceptors (Lipinski definition) is 0. The van der Waals surface area contributed by atoms with Gasteiger partial charge in [-0.2, -0.15) is 0 Å². The summed E-state index contributed by atoms with van der Waals surface area (Å²) in [5.74, 6) is 1.16. The smallest absolute Gasteiger partial charge is 0.0588 e. The van der Waals surface area contributed by atoms with Crippen LogP contribution in [0.1, 0.15) is 47.4 Å². The van der Waals surface area contributed by atoms with E-state index >= 15 is 0 Å². The molecule has 2 aliphatic carbocycles. The minimum absolute atomic E-state index is 0.163. The van der Waals surface area contributed by atoms with Gasteiger partial charge in [0.25, 0.3) is 0 Å². The van der Waals surface area contributed by atoms with E-state index in [1.165, 1.54) is 96.5 Å². The molecule has 0 saturated heterocycles. The Bertz CT molecular complexity index is 2580. The summed E-state index contributed by atoms with van der Waals surface area (Å²) in [7, 11) is 0. The summed E-state index contributed by atoms with van der Waals surface area (Å²) in [5.41, 5.74) is 16.9. The highest BCUT2D eigenvalue weighted by molar-refractivity contribution is 6.16. The monoisotopic (exact) mass is 560 g/mol. The third-order valence-electron chi connectivity index (χ3n) is 11.9. The van der Waals surface area contributed by atoms with Crippen LogP contribution in [0.3, 0.4) is 0 Å². The van der Waals surface area contributed by atoms with Crippen molar-refractivity contribution in [3.05, 3.63) is 144 Å². The van der Waals surface area contributed by atoms with E-state index in [9.17, 15) is 0 Å². The maximum Gasteiger partial charge on any atom is 0.0588 e. The summed E-state index contributed by atoms with van der Waals surface area (Å²) in [4.78, 5) is 0. The first-order valence-electron chi connectivity index (χ1n) is 16.2. The lowest BCUT2D eigenvalue weighted by Gasteiger charge is -2.46. The van der Waals surface area contributed by atoms with Gasteiger partial charge in [0.15, 0.2) is 0 Å². The first-order valence-corrected chi connectivity index (χ1v) is 16.2. The number of nitrogens with zero attached hydrogens (tertiary/aromatic N) is 2. The van der Waals surface area contributed by atoms with Gasteiger partial charge in [-0.15, -0.1) is 0 Å². The molecule has 3 atom stereocenters. The number of hydrogen-bond donors (Lipinski definition) is 0. The molecule has 2 nitrogen and oxygen atoms in total. The van der Waals surface area contributed by atoms with E-state index in [4.69, 9.17) is 0 Å². The molecule has 2 aliphatic heterocycles. The fourth-order valence-corrected chi connectivity index (χ4v) is 10.6. The highest BCUT2D eigenvalue weighted by Gasteiger charge is 2.61. The number of benzene rings is 6. The number of aromatic nitrogens is 2. The largest absolute Gasteiger partial charge is 0.308 e. The van der Waals surface area contributed by atoms with Gasteiger partial charge in [0.2, 0.25) is 0 Å². The SMILES string of the molecule is c1ccc(-c2cc3c4c(c2)-n2c5ccccc5c5ccc6c(c52)C4(c2cccc4c5ccccc5n-3c24)C2CCCC62)cc1. The van der Waals surface area contributed by atoms with Crippen LogP contribution in [0.4, 0.5) is 0 Å². The summed E-state index contributed by atoms with van der Waals surface area (Å²) < 4.78 is 5.29. The number of para-hydroxylation sites is 3. The molecule has 12 rings (SSSR count). The van der Waals surface area contributed by atoms with E-state index in [1.54, 1.807) is 11.1 Å². The maximum atomic E-state index is 2.66. The second-order valence-corrected chi connectivity index (χ2v) is 13.5. The van der Waals surface area contributed by atoms with Crippen molar-refractivity contribution in [1.82, 2.24) is 9.13 Å². The lowest BCUT2D eigenvalue weighted by atomic mass is 9.60. The lowest BCUT2D eigenvalue weighted by molar-refractivity contribution is 0.382. The predicted octanol–water partition coefficient (Wildman–Crippen LogP) is 10.4. The molecule has 206 valence electrons. The van der Waals surface area contributed by atoms with Crippen LogP contribution >= 0.6 is 0 Å². The zero-order valence-electron chi connectivity index (χ0n) is 24.2. The zero-order valence-corrected chi connectivity index (χ0v) is 24.2. The Labute approximate surface area is 254 Å². The maximum absolute atomic E-state index is 2.66. The standard InChI is InChI=1S/C42H28N2/c1-2-10-24(11-3-1)25-22-36-39-37(23-25)44-35-19-7-5-13-28(35)31-21-20-29-26-14-8-16-32(26)42(39,38(29)41(31)44)33-17-9-15-30-27-12-4-6-18-34(27)43(36)40(30)33/h1-7,9-13,15,17-23,26,32H,8,14,16H2. The van der Waals surface area contributed by atoms with E-state index in [0.717, 1.165) is 0 Å². The van der Waals surface area contributed by atoms with Gasteiger partial charge in [-0.05, 0) is 76.8 Å². The normalized spacial score (nSPS) is 21.9. The van der Waals surface area contributed by atoms with Crippen LogP contribution < -0.4 is 0 Å². The van der Waals surface area contributed by atoms with Crippen molar-refractivity contribution in [1.29, 1.82) is 0 Å². The topological polar surface area (TPSA) is 9.86 Å². The van der Waals surface area contributed by atoms with E-state index in [-0.39, 0.29) is 5.41 Å². The van der Waals surface area contributed by atoms with E-state index < -0.39 is 0 Å². The minimum atomic E-state index is -0.163. The summed E-state index contributed by atoms with van der Waals surface area (Å²) >= 11 is 0. The molecule has 2 aromatic heterocycles. The molecule has 1 saturated carbocycles. The Morgan fingerprint density at radius 3 is 1.95 bits per heavy atom. The number of fused-ring (bicyclic) bond motifs is 10. The van der Waals surface area contributed by atoms with Crippen molar-refractivity contribution >= 4 is 43.6 Å². The molecule has 3 unspecified atom stereocenters. The molecule has 0 bridgehead atoms. The Morgan fingerprint density at radius 1 is 0.523 bits per heavy atom. The fraction of sp³-hybridized carbons (Fsp3) is 0.143. The molecule has 4 aliphatic rings. The second-order valence-electron chi connectivity index (χ2n) is 13.5. The Hall–Kier alpha value is -5.08. The van der Waals surface area contributed by atoms with Crippen molar-refractivity contribution in [2.24, 2.45) is 5.92 Å². The summed E-state index contributed by atoms with van der Waals surface area (Å²) in [6, 6.07) is 46.4. The van der Waals surface area contributed by atoms with Crippen molar-refractivity contribution in [3.63, 3.8) is 0 Å². The predicted molar refractivity (Wildman–Crippen MR) is 181 cm³/mol. The van der Waals surface area contributed by atoms with Crippen LogP contribution in [-0.2, 0) is 5.41 Å². The third kappa shape index (κ3) is 2.24. The molecule has 6 aromatic carbocycles. The quantitative estimate of drug-likeness (QED) is 0.189. The molecule has 4 heterocycles.